The third-order valence-electron chi connectivity index (χ3n) is 5.16. The molecule has 1 aromatic carbocycles. The Morgan fingerprint density at radius 3 is 2.81 bits per heavy atom. The van der Waals surface area contributed by atoms with Crippen molar-refractivity contribution in [2.75, 3.05) is 25.5 Å². The van der Waals surface area contributed by atoms with Crippen LogP contribution >= 0.6 is 0 Å². The van der Waals surface area contributed by atoms with E-state index in [0.29, 0.717) is 19.2 Å². The van der Waals surface area contributed by atoms with Gasteiger partial charge in [-0.1, -0.05) is 25.0 Å². The van der Waals surface area contributed by atoms with Gasteiger partial charge in [-0.2, -0.15) is 5.10 Å². The van der Waals surface area contributed by atoms with Crippen LogP contribution in [0.4, 0.5) is 10.6 Å². The minimum absolute atomic E-state index is 0.170. The lowest BCUT2D eigenvalue weighted by Gasteiger charge is -2.29. The fourth-order valence-corrected chi connectivity index (χ4v) is 3.78. The predicted molar refractivity (Wildman–Crippen MR) is 102 cm³/mol. The Balaban J connectivity index is 1.38. The number of aryl methyl sites for hydroxylation is 1. The first kappa shape index (κ1) is 17.7. The van der Waals surface area contributed by atoms with Gasteiger partial charge in [0.2, 0.25) is 0 Å². The minimum Gasteiger partial charge on any atom is -0.486 e. The Bertz CT molecular complexity index is 813. The highest BCUT2D eigenvalue weighted by Crippen LogP contribution is 2.32. The molecule has 0 saturated heterocycles. The van der Waals surface area contributed by atoms with Crippen LogP contribution in [0.3, 0.4) is 0 Å². The van der Waals surface area contributed by atoms with Crippen LogP contribution in [0.15, 0.2) is 30.3 Å². The van der Waals surface area contributed by atoms with Crippen molar-refractivity contribution >= 4 is 11.8 Å². The fourth-order valence-electron chi connectivity index (χ4n) is 3.78. The van der Waals surface area contributed by atoms with Gasteiger partial charge in [0.1, 0.15) is 12.4 Å². The summed E-state index contributed by atoms with van der Waals surface area (Å²) in [7, 11) is 1.77. The number of nitrogens with one attached hydrogen (secondary N) is 1. The zero-order valence-electron chi connectivity index (χ0n) is 15.9. The number of carbonyl (C=O) groups excluding carboxylic acids is 1. The van der Waals surface area contributed by atoms with E-state index in [2.05, 4.69) is 10.4 Å². The van der Waals surface area contributed by atoms with Crippen LogP contribution in [-0.4, -0.2) is 47.0 Å². The summed E-state index contributed by atoms with van der Waals surface area (Å²) in [5.41, 5.74) is 0.917. The average molecular weight is 370 g/mol. The molecule has 1 aliphatic carbocycles. The molecule has 1 N–H and O–H groups in total. The average Bonchev–Trinajstić information content (AvgIpc) is 3.31. The van der Waals surface area contributed by atoms with Crippen LogP contribution in [0.5, 0.6) is 11.5 Å². The van der Waals surface area contributed by atoms with Crippen molar-refractivity contribution in [3.8, 4) is 11.5 Å². The monoisotopic (exact) mass is 370 g/mol. The lowest BCUT2D eigenvalue weighted by Crippen LogP contribution is -2.43. The molecule has 2 aromatic rings. The number of hydrogen-bond acceptors (Lipinski definition) is 4. The summed E-state index contributed by atoms with van der Waals surface area (Å²) in [5.74, 6) is 2.23. The van der Waals surface area contributed by atoms with Gasteiger partial charge in [-0.15, -0.1) is 0 Å². The van der Waals surface area contributed by atoms with E-state index in [4.69, 9.17) is 9.47 Å². The lowest BCUT2D eigenvalue weighted by molar-refractivity contribution is 0.0731. The maximum absolute atomic E-state index is 12.7. The maximum atomic E-state index is 12.7. The van der Waals surface area contributed by atoms with Gasteiger partial charge in [-0.3, -0.25) is 5.32 Å². The molecule has 1 aromatic heterocycles. The summed E-state index contributed by atoms with van der Waals surface area (Å²) in [5, 5.41) is 7.59. The van der Waals surface area contributed by atoms with Crippen molar-refractivity contribution in [3.05, 3.63) is 36.0 Å². The quantitative estimate of drug-likeness (QED) is 0.893. The number of ether oxygens (including phenoxy) is 2. The Hall–Kier alpha value is -2.70. The highest BCUT2D eigenvalue weighted by atomic mass is 16.6. The van der Waals surface area contributed by atoms with E-state index < -0.39 is 0 Å². The van der Waals surface area contributed by atoms with Gasteiger partial charge in [0, 0.05) is 13.1 Å². The van der Waals surface area contributed by atoms with E-state index in [0.717, 1.165) is 35.9 Å². The first-order chi connectivity index (χ1) is 13.1. The van der Waals surface area contributed by atoms with Crippen molar-refractivity contribution in [1.29, 1.82) is 0 Å². The van der Waals surface area contributed by atoms with Gasteiger partial charge in [-0.25, -0.2) is 9.48 Å². The molecular formula is C20H26N4O3. The number of rotatable bonds is 4. The number of amides is 2. The van der Waals surface area contributed by atoms with Gasteiger partial charge < -0.3 is 14.4 Å². The Labute approximate surface area is 159 Å². The first-order valence-corrected chi connectivity index (χ1v) is 9.57. The number of hydrogen-bond donors (Lipinski definition) is 1. The second kappa shape index (κ2) is 7.50. The van der Waals surface area contributed by atoms with Crippen molar-refractivity contribution in [2.24, 2.45) is 0 Å². The number of carbonyl (C=O) groups is 1. The number of aromatic nitrogens is 2. The zero-order chi connectivity index (χ0) is 18.8. The summed E-state index contributed by atoms with van der Waals surface area (Å²) in [6.45, 7) is 2.82. The molecule has 27 heavy (non-hydrogen) atoms. The smallest absolute Gasteiger partial charge is 0.322 e. The number of fused-ring (bicyclic) bond motifs is 1. The number of nitrogens with zero attached hydrogens (tertiary/aromatic N) is 3. The number of likely N-dealkylation sites (N-methyl/N-ethyl adjacent to an activating group) is 1. The van der Waals surface area contributed by atoms with Crippen LogP contribution in [0.1, 0.15) is 37.4 Å². The molecule has 2 aliphatic rings. The molecule has 1 fully saturated rings. The molecule has 0 radical (unpaired) electrons. The molecule has 144 valence electrons. The molecule has 7 heteroatoms. The molecule has 0 unspecified atom stereocenters. The van der Waals surface area contributed by atoms with E-state index in [-0.39, 0.29) is 12.1 Å². The van der Waals surface area contributed by atoms with E-state index in [1.807, 2.05) is 41.9 Å². The van der Waals surface area contributed by atoms with Crippen molar-refractivity contribution in [1.82, 2.24) is 14.7 Å². The molecule has 7 nitrogen and oxygen atoms in total. The molecule has 1 saturated carbocycles. The van der Waals surface area contributed by atoms with Crippen molar-refractivity contribution in [2.45, 2.75) is 44.8 Å². The number of urea groups is 1. The van der Waals surface area contributed by atoms with Crippen LogP contribution in [0.25, 0.3) is 0 Å². The van der Waals surface area contributed by atoms with Crippen molar-refractivity contribution < 1.29 is 14.3 Å². The second-order valence-electron chi connectivity index (χ2n) is 7.36. The number of para-hydroxylation sites is 2. The predicted octanol–water partition coefficient (Wildman–Crippen LogP) is 3.61. The molecule has 2 amide bonds. The van der Waals surface area contributed by atoms with Gasteiger partial charge in [0.25, 0.3) is 0 Å². The molecule has 2 heterocycles. The minimum atomic E-state index is -0.197. The molecule has 4 rings (SSSR count). The van der Waals surface area contributed by atoms with E-state index in [1.165, 1.54) is 12.8 Å². The number of anilines is 1. The summed E-state index contributed by atoms with van der Waals surface area (Å²) >= 11 is 0. The van der Waals surface area contributed by atoms with E-state index >= 15 is 0 Å². The Morgan fingerprint density at radius 2 is 2.04 bits per heavy atom. The molecule has 1 atom stereocenters. The summed E-state index contributed by atoms with van der Waals surface area (Å²) in [6, 6.07) is 9.73. The topological polar surface area (TPSA) is 68.6 Å². The van der Waals surface area contributed by atoms with Crippen LogP contribution in [0.2, 0.25) is 0 Å². The molecule has 1 aliphatic heterocycles. The van der Waals surface area contributed by atoms with Crippen LogP contribution < -0.4 is 14.8 Å². The largest absolute Gasteiger partial charge is 0.486 e. The van der Waals surface area contributed by atoms with Gasteiger partial charge in [0.05, 0.1) is 18.3 Å². The normalized spacial score (nSPS) is 19.1. The fraction of sp³-hybridized carbons (Fsp3) is 0.500. The second-order valence-corrected chi connectivity index (χ2v) is 7.36. The standard InChI is InChI=1S/C20H26N4O3/c1-14-11-19(24(22-14)15-7-3-4-8-15)21-20(25)23(2)12-16-13-26-17-9-5-6-10-18(17)27-16/h5-6,9-11,15-16H,3-4,7-8,12-13H2,1-2H3,(H,21,25)/t16-/m1/s1. The maximum Gasteiger partial charge on any atom is 0.322 e. The molecule has 0 spiro atoms. The van der Waals surface area contributed by atoms with Gasteiger partial charge in [-0.05, 0) is 31.9 Å². The Morgan fingerprint density at radius 1 is 1.30 bits per heavy atom. The molecule has 0 bridgehead atoms. The zero-order valence-corrected chi connectivity index (χ0v) is 15.9. The first-order valence-electron chi connectivity index (χ1n) is 9.57. The Kier molecular flexibility index (Phi) is 4.92. The number of benzene rings is 1. The third-order valence-corrected chi connectivity index (χ3v) is 5.16. The SMILES string of the molecule is Cc1cc(NC(=O)N(C)C[C@@H]2COc3ccccc3O2)n(C2CCCC2)n1. The highest BCUT2D eigenvalue weighted by Gasteiger charge is 2.25. The summed E-state index contributed by atoms with van der Waals surface area (Å²) < 4.78 is 13.7. The van der Waals surface area contributed by atoms with Crippen LogP contribution in [-0.2, 0) is 0 Å². The molecular weight excluding hydrogens is 344 g/mol. The van der Waals surface area contributed by atoms with Crippen LogP contribution in [0, 0.1) is 6.92 Å². The highest BCUT2D eigenvalue weighted by molar-refractivity contribution is 5.88. The van der Waals surface area contributed by atoms with Gasteiger partial charge in [0.15, 0.2) is 17.6 Å². The summed E-state index contributed by atoms with van der Waals surface area (Å²) in [4.78, 5) is 14.3. The third kappa shape index (κ3) is 3.86. The van der Waals surface area contributed by atoms with Gasteiger partial charge >= 0.3 is 6.03 Å². The van der Waals surface area contributed by atoms with E-state index in [1.54, 1.807) is 11.9 Å². The van der Waals surface area contributed by atoms with Crippen molar-refractivity contribution in [3.63, 3.8) is 0 Å². The summed E-state index contributed by atoms with van der Waals surface area (Å²) in [6.07, 6.45) is 4.48. The van der Waals surface area contributed by atoms with E-state index in [9.17, 15) is 4.79 Å². The lowest BCUT2D eigenvalue weighted by atomic mass is 10.2.